The van der Waals surface area contributed by atoms with Crippen LogP contribution in [0.1, 0.15) is 27.7 Å². The molecule has 0 rings (SSSR count). The number of carbonyl (C=O) groups excluding carboxylic acids is 1. The molecule has 0 fully saturated rings. The molecule has 0 aliphatic carbocycles. The summed E-state index contributed by atoms with van der Waals surface area (Å²) in [7, 11) is 0. The smallest absolute Gasteiger partial charge is 0.408 e. The van der Waals surface area contributed by atoms with Crippen molar-refractivity contribution in [1.29, 1.82) is 0 Å². The minimum atomic E-state index is -1.32. The fourth-order valence-electron chi connectivity index (χ4n) is 0.971. The molecule has 8 nitrogen and oxygen atoms in total. The number of hydrogen-bond acceptors (Lipinski definition) is 4. The van der Waals surface area contributed by atoms with Gasteiger partial charge in [-0.3, -0.25) is 0 Å². The zero-order chi connectivity index (χ0) is 13.6. The van der Waals surface area contributed by atoms with Crippen LogP contribution >= 0.6 is 0 Å². The third kappa shape index (κ3) is 6.26. The van der Waals surface area contributed by atoms with E-state index >= 15 is 0 Å². The Morgan fingerprint density at radius 2 is 2.00 bits per heavy atom. The van der Waals surface area contributed by atoms with E-state index in [1.165, 1.54) is 6.92 Å². The number of nitrogens with one attached hydrogen (secondary N) is 1. The predicted molar refractivity (Wildman–Crippen MR) is 59.4 cm³/mol. The van der Waals surface area contributed by atoms with Gasteiger partial charge in [0.15, 0.2) is 0 Å². The second-order valence-corrected chi connectivity index (χ2v) is 4.41. The Kier molecular flexibility index (Phi) is 5.27. The van der Waals surface area contributed by atoms with E-state index in [9.17, 15) is 9.59 Å². The highest BCUT2D eigenvalue weighted by Gasteiger charge is 2.28. The zero-order valence-corrected chi connectivity index (χ0v) is 10.2. The summed E-state index contributed by atoms with van der Waals surface area (Å²) in [6, 6.07) is -2.23. The van der Waals surface area contributed by atoms with Crippen molar-refractivity contribution in [3.63, 3.8) is 0 Å². The Balaban J connectivity index is 4.62. The lowest BCUT2D eigenvalue weighted by molar-refractivity contribution is -0.139. The van der Waals surface area contributed by atoms with E-state index in [-0.39, 0.29) is 0 Å². The highest BCUT2D eigenvalue weighted by atomic mass is 16.6. The molecule has 17 heavy (non-hydrogen) atoms. The summed E-state index contributed by atoms with van der Waals surface area (Å²) in [6.07, 6.45) is -0.870. The standard InChI is InChI=1S/C9H16N4O4/c1-5(12-13-10)6(7(14)15)11-8(16)17-9(2,3)4/h5-6H,1-4H3,(H,11,16)(H,14,15)/t5-,6-/m0/s1. The van der Waals surface area contributed by atoms with Crippen LogP contribution in [0.3, 0.4) is 0 Å². The lowest BCUT2D eigenvalue weighted by Crippen LogP contribution is -2.48. The van der Waals surface area contributed by atoms with Gasteiger partial charge in [0.25, 0.3) is 0 Å². The van der Waals surface area contributed by atoms with Gasteiger partial charge in [-0.05, 0) is 26.3 Å². The van der Waals surface area contributed by atoms with Gasteiger partial charge in [-0.25, -0.2) is 9.59 Å². The van der Waals surface area contributed by atoms with Crippen LogP contribution in [-0.4, -0.2) is 34.9 Å². The van der Waals surface area contributed by atoms with E-state index in [4.69, 9.17) is 15.4 Å². The second-order valence-electron chi connectivity index (χ2n) is 4.41. The number of amides is 1. The molecule has 0 aromatic rings. The zero-order valence-electron chi connectivity index (χ0n) is 10.2. The molecule has 0 aromatic carbocycles. The summed E-state index contributed by atoms with van der Waals surface area (Å²) in [5.41, 5.74) is 7.48. The fourth-order valence-corrected chi connectivity index (χ4v) is 0.971. The number of carbonyl (C=O) groups is 2. The lowest BCUT2D eigenvalue weighted by atomic mass is 10.1. The first-order chi connectivity index (χ1) is 7.67. The lowest BCUT2D eigenvalue weighted by Gasteiger charge is -2.23. The second kappa shape index (κ2) is 5.95. The van der Waals surface area contributed by atoms with Crippen LogP contribution < -0.4 is 5.32 Å². The maximum Gasteiger partial charge on any atom is 0.408 e. The minimum absolute atomic E-state index is 0.727. The molecule has 0 bridgehead atoms. The number of carboxylic acids is 1. The van der Waals surface area contributed by atoms with E-state index in [1.54, 1.807) is 20.8 Å². The topological polar surface area (TPSA) is 124 Å². The van der Waals surface area contributed by atoms with Crippen molar-refractivity contribution in [3.05, 3.63) is 10.4 Å². The average Bonchev–Trinajstić information content (AvgIpc) is 2.11. The Labute approximate surface area is 98.6 Å². The van der Waals surface area contributed by atoms with Crippen molar-refractivity contribution >= 4 is 12.1 Å². The van der Waals surface area contributed by atoms with E-state index < -0.39 is 29.7 Å². The molecule has 0 spiro atoms. The first kappa shape index (κ1) is 15.0. The van der Waals surface area contributed by atoms with Crippen LogP contribution in [0.5, 0.6) is 0 Å². The van der Waals surface area contributed by atoms with Crippen molar-refractivity contribution in [2.45, 2.75) is 45.4 Å². The maximum absolute atomic E-state index is 11.4. The molecule has 8 heteroatoms. The molecule has 0 aliphatic heterocycles. The van der Waals surface area contributed by atoms with Gasteiger partial charge in [-0.15, -0.1) is 0 Å². The first-order valence-corrected chi connectivity index (χ1v) is 4.94. The largest absolute Gasteiger partial charge is 0.480 e. The number of rotatable bonds is 4. The van der Waals surface area contributed by atoms with Gasteiger partial charge in [0, 0.05) is 4.91 Å². The molecule has 1 amide bonds. The van der Waals surface area contributed by atoms with E-state index in [1.807, 2.05) is 0 Å². The summed E-state index contributed by atoms with van der Waals surface area (Å²) in [6.45, 7) is 6.34. The van der Waals surface area contributed by atoms with Gasteiger partial charge in [0.1, 0.15) is 11.6 Å². The third-order valence-corrected chi connectivity index (χ3v) is 1.65. The number of aliphatic carboxylic acids is 1. The molecule has 0 saturated carbocycles. The summed E-state index contributed by atoms with van der Waals surface area (Å²) >= 11 is 0. The third-order valence-electron chi connectivity index (χ3n) is 1.65. The Morgan fingerprint density at radius 3 is 2.35 bits per heavy atom. The molecule has 2 N–H and O–H groups in total. The molecule has 0 heterocycles. The summed E-state index contributed by atoms with van der Waals surface area (Å²) in [4.78, 5) is 24.7. The molecule has 96 valence electrons. The van der Waals surface area contributed by atoms with Crippen LogP contribution in [0.4, 0.5) is 4.79 Å². The van der Waals surface area contributed by atoms with Crippen LogP contribution in [0.25, 0.3) is 10.4 Å². The average molecular weight is 244 g/mol. The van der Waals surface area contributed by atoms with Crippen LogP contribution in [0, 0.1) is 0 Å². The molecule has 0 radical (unpaired) electrons. The quantitative estimate of drug-likeness (QED) is 0.443. The van der Waals surface area contributed by atoms with Crippen molar-refractivity contribution in [1.82, 2.24) is 5.32 Å². The molecule has 0 saturated heterocycles. The van der Waals surface area contributed by atoms with Gasteiger partial charge < -0.3 is 15.2 Å². The molecular formula is C9H16N4O4. The highest BCUT2D eigenvalue weighted by molar-refractivity contribution is 5.80. The number of hydrogen-bond donors (Lipinski definition) is 2. The Hall–Kier alpha value is -1.95. The summed E-state index contributed by atoms with van der Waals surface area (Å²) in [5, 5.41) is 14.2. The first-order valence-electron chi connectivity index (χ1n) is 4.94. The van der Waals surface area contributed by atoms with Gasteiger partial charge in [-0.1, -0.05) is 12.0 Å². The number of alkyl carbamates (subject to hydrolysis) is 1. The number of carboxylic acid groups (broad SMARTS) is 1. The summed E-state index contributed by atoms with van der Waals surface area (Å²) < 4.78 is 4.90. The molecule has 0 aliphatic rings. The van der Waals surface area contributed by atoms with E-state index in [2.05, 4.69) is 15.3 Å². The summed E-state index contributed by atoms with van der Waals surface area (Å²) in [5.74, 6) is -1.30. The van der Waals surface area contributed by atoms with Gasteiger partial charge in [0.2, 0.25) is 0 Å². The van der Waals surface area contributed by atoms with Crippen molar-refractivity contribution < 1.29 is 19.4 Å². The number of azide groups is 1. The molecule has 0 aromatic heterocycles. The Morgan fingerprint density at radius 1 is 1.47 bits per heavy atom. The molecule has 2 atom stereocenters. The van der Waals surface area contributed by atoms with Crippen LogP contribution in [-0.2, 0) is 9.53 Å². The maximum atomic E-state index is 11.4. The number of nitrogens with zero attached hydrogens (tertiary/aromatic N) is 3. The van der Waals surface area contributed by atoms with Crippen molar-refractivity contribution in [2.75, 3.05) is 0 Å². The van der Waals surface area contributed by atoms with Gasteiger partial charge in [0.05, 0.1) is 6.04 Å². The SMILES string of the molecule is C[C@H](N=[N+]=[N-])[C@H](NC(=O)OC(C)(C)C)C(=O)O. The van der Waals surface area contributed by atoms with Gasteiger partial charge in [-0.2, -0.15) is 0 Å². The normalized spacial score (nSPS) is 14.1. The predicted octanol–water partition coefficient (Wildman–Crippen LogP) is 1.66. The molecular weight excluding hydrogens is 228 g/mol. The van der Waals surface area contributed by atoms with Crippen molar-refractivity contribution in [2.24, 2.45) is 5.11 Å². The van der Waals surface area contributed by atoms with Crippen molar-refractivity contribution in [3.8, 4) is 0 Å². The van der Waals surface area contributed by atoms with Gasteiger partial charge >= 0.3 is 12.1 Å². The van der Waals surface area contributed by atoms with Crippen LogP contribution in [0.15, 0.2) is 5.11 Å². The minimum Gasteiger partial charge on any atom is -0.480 e. The Bertz CT molecular complexity index is 343. The van der Waals surface area contributed by atoms with E-state index in [0.29, 0.717) is 0 Å². The highest BCUT2D eigenvalue weighted by Crippen LogP contribution is 2.08. The van der Waals surface area contributed by atoms with Crippen LogP contribution in [0.2, 0.25) is 0 Å². The van der Waals surface area contributed by atoms with E-state index in [0.717, 1.165) is 0 Å². The number of ether oxygens (including phenoxy) is 1. The molecule has 0 unspecified atom stereocenters. The fraction of sp³-hybridized carbons (Fsp3) is 0.778. The monoisotopic (exact) mass is 244 g/mol.